The predicted molar refractivity (Wildman–Crippen MR) is 80.4 cm³/mol. The van der Waals surface area contributed by atoms with E-state index >= 15 is 0 Å². The van der Waals surface area contributed by atoms with Crippen LogP contribution in [0.15, 0.2) is 18.2 Å². The smallest absolute Gasteiger partial charge is 0.269 e. The second-order valence-corrected chi connectivity index (χ2v) is 5.64. The van der Waals surface area contributed by atoms with Crippen LogP contribution in [0.3, 0.4) is 0 Å². The highest BCUT2D eigenvalue weighted by Gasteiger charge is 2.21. The van der Waals surface area contributed by atoms with Crippen molar-refractivity contribution in [3.05, 3.63) is 39.4 Å². The molecule has 0 saturated carbocycles. The molecule has 6 heteroatoms. The Morgan fingerprint density at radius 1 is 1.43 bits per heavy atom. The van der Waals surface area contributed by atoms with Gasteiger partial charge in [0.15, 0.2) is 0 Å². The predicted octanol–water partition coefficient (Wildman–Crippen LogP) is 1.97. The van der Waals surface area contributed by atoms with Crippen molar-refractivity contribution >= 4 is 11.6 Å². The van der Waals surface area contributed by atoms with E-state index in [9.17, 15) is 14.9 Å². The molecule has 0 bridgehead atoms. The van der Waals surface area contributed by atoms with E-state index in [0.717, 1.165) is 32.5 Å². The number of nitro benzene ring substituents is 1. The third-order valence-electron chi connectivity index (χ3n) is 3.99. The van der Waals surface area contributed by atoms with Crippen molar-refractivity contribution in [1.29, 1.82) is 0 Å². The molecule has 0 aromatic heterocycles. The lowest BCUT2D eigenvalue weighted by atomic mass is 9.97. The fourth-order valence-corrected chi connectivity index (χ4v) is 2.74. The summed E-state index contributed by atoms with van der Waals surface area (Å²) in [5, 5.41) is 14.0. The normalized spacial score (nSPS) is 15.7. The van der Waals surface area contributed by atoms with Gasteiger partial charge < -0.3 is 10.2 Å². The zero-order valence-electron chi connectivity index (χ0n) is 12.5. The maximum absolute atomic E-state index is 12.5. The van der Waals surface area contributed by atoms with Gasteiger partial charge >= 0.3 is 0 Å². The van der Waals surface area contributed by atoms with Crippen LogP contribution in [-0.4, -0.2) is 42.4 Å². The van der Waals surface area contributed by atoms with Gasteiger partial charge in [0.1, 0.15) is 0 Å². The van der Waals surface area contributed by atoms with Gasteiger partial charge in [-0.1, -0.05) is 0 Å². The topological polar surface area (TPSA) is 75.5 Å². The van der Waals surface area contributed by atoms with Crippen molar-refractivity contribution in [2.45, 2.75) is 19.8 Å². The number of hydrogen-bond acceptors (Lipinski definition) is 4. The number of aryl methyl sites for hydroxylation is 1. The fourth-order valence-electron chi connectivity index (χ4n) is 2.74. The quantitative estimate of drug-likeness (QED) is 0.680. The molecule has 0 radical (unpaired) electrons. The number of carbonyl (C=O) groups is 1. The number of hydrogen-bond donors (Lipinski definition) is 1. The van der Waals surface area contributed by atoms with E-state index in [0.29, 0.717) is 17.0 Å². The van der Waals surface area contributed by atoms with Gasteiger partial charge in [-0.2, -0.15) is 0 Å². The number of nitro groups is 1. The molecule has 1 aromatic carbocycles. The Morgan fingerprint density at radius 3 is 2.67 bits per heavy atom. The molecule has 6 nitrogen and oxygen atoms in total. The van der Waals surface area contributed by atoms with Gasteiger partial charge in [-0.25, -0.2) is 0 Å². The van der Waals surface area contributed by atoms with Crippen molar-refractivity contribution in [2.75, 3.05) is 26.7 Å². The second-order valence-electron chi connectivity index (χ2n) is 5.64. The summed E-state index contributed by atoms with van der Waals surface area (Å²) in [5.41, 5.74) is 1.20. The van der Waals surface area contributed by atoms with Crippen LogP contribution in [0.2, 0.25) is 0 Å². The fraction of sp³-hybridized carbons (Fsp3) is 0.533. The lowest BCUT2D eigenvalue weighted by Gasteiger charge is -2.27. The van der Waals surface area contributed by atoms with Gasteiger partial charge in [-0.15, -0.1) is 0 Å². The molecule has 1 aliphatic rings. The van der Waals surface area contributed by atoms with Gasteiger partial charge in [-0.05, 0) is 50.4 Å². The summed E-state index contributed by atoms with van der Waals surface area (Å²) in [6, 6.07) is 4.39. The minimum atomic E-state index is -0.444. The molecule has 1 saturated heterocycles. The van der Waals surface area contributed by atoms with Crippen molar-refractivity contribution < 1.29 is 9.72 Å². The van der Waals surface area contributed by atoms with Crippen molar-refractivity contribution in [3.8, 4) is 0 Å². The van der Waals surface area contributed by atoms with Gasteiger partial charge in [-0.3, -0.25) is 14.9 Å². The Labute approximate surface area is 124 Å². The average Bonchev–Trinajstić information content (AvgIpc) is 2.47. The number of non-ortho nitro benzene ring substituents is 1. The third-order valence-corrected chi connectivity index (χ3v) is 3.99. The largest absolute Gasteiger partial charge is 0.341 e. The lowest BCUT2D eigenvalue weighted by Crippen LogP contribution is -2.37. The molecule has 0 aliphatic carbocycles. The molecule has 1 amide bonds. The number of benzene rings is 1. The first-order chi connectivity index (χ1) is 9.99. The van der Waals surface area contributed by atoms with Crippen molar-refractivity contribution in [1.82, 2.24) is 10.2 Å². The zero-order valence-corrected chi connectivity index (χ0v) is 12.5. The molecule has 21 heavy (non-hydrogen) atoms. The van der Waals surface area contributed by atoms with E-state index in [2.05, 4.69) is 5.32 Å². The van der Waals surface area contributed by atoms with E-state index in [-0.39, 0.29) is 11.6 Å². The zero-order chi connectivity index (χ0) is 15.4. The van der Waals surface area contributed by atoms with Gasteiger partial charge in [0, 0.05) is 31.3 Å². The Hall–Kier alpha value is -1.95. The minimum absolute atomic E-state index is 0.0186. The highest BCUT2D eigenvalue weighted by atomic mass is 16.6. The molecule has 1 fully saturated rings. The van der Waals surface area contributed by atoms with Gasteiger partial charge in [0.25, 0.3) is 11.6 Å². The average molecular weight is 291 g/mol. The first-order valence-corrected chi connectivity index (χ1v) is 7.20. The van der Waals surface area contributed by atoms with Crippen LogP contribution in [0.25, 0.3) is 0 Å². The molecular formula is C15H21N3O3. The molecule has 1 aromatic rings. The third kappa shape index (κ3) is 3.78. The van der Waals surface area contributed by atoms with Crippen LogP contribution in [0.5, 0.6) is 0 Å². The lowest BCUT2D eigenvalue weighted by molar-refractivity contribution is -0.384. The van der Waals surface area contributed by atoms with Crippen LogP contribution < -0.4 is 5.32 Å². The summed E-state index contributed by atoms with van der Waals surface area (Å²) >= 11 is 0. The summed E-state index contributed by atoms with van der Waals surface area (Å²) in [6.45, 7) is 4.47. The molecule has 1 N–H and O–H groups in total. The van der Waals surface area contributed by atoms with Crippen LogP contribution in [0, 0.1) is 23.0 Å². The van der Waals surface area contributed by atoms with E-state index in [4.69, 9.17) is 0 Å². The molecule has 2 rings (SSSR count). The summed E-state index contributed by atoms with van der Waals surface area (Å²) in [7, 11) is 1.80. The van der Waals surface area contributed by atoms with Crippen LogP contribution in [0.1, 0.15) is 28.8 Å². The number of amides is 1. The molecule has 1 aliphatic heterocycles. The molecule has 0 spiro atoms. The highest BCUT2D eigenvalue weighted by molar-refractivity contribution is 5.95. The van der Waals surface area contributed by atoms with E-state index in [1.54, 1.807) is 24.9 Å². The molecule has 114 valence electrons. The number of piperidine rings is 1. The summed E-state index contributed by atoms with van der Waals surface area (Å²) in [4.78, 5) is 24.5. The molecule has 1 heterocycles. The second kappa shape index (κ2) is 6.67. The molecule has 0 unspecified atom stereocenters. The number of nitrogens with zero attached hydrogens (tertiary/aromatic N) is 2. The summed E-state index contributed by atoms with van der Waals surface area (Å²) in [6.07, 6.45) is 2.16. The maximum Gasteiger partial charge on any atom is 0.269 e. The van der Waals surface area contributed by atoms with Gasteiger partial charge in [0.05, 0.1) is 4.92 Å². The first kappa shape index (κ1) is 15.4. The van der Waals surface area contributed by atoms with Crippen molar-refractivity contribution in [3.63, 3.8) is 0 Å². The van der Waals surface area contributed by atoms with Crippen LogP contribution >= 0.6 is 0 Å². The van der Waals surface area contributed by atoms with E-state index < -0.39 is 4.92 Å². The Morgan fingerprint density at radius 2 is 2.10 bits per heavy atom. The molecular weight excluding hydrogens is 270 g/mol. The van der Waals surface area contributed by atoms with Crippen LogP contribution in [0.4, 0.5) is 5.69 Å². The maximum atomic E-state index is 12.5. The highest BCUT2D eigenvalue weighted by Crippen LogP contribution is 2.20. The Kier molecular flexibility index (Phi) is 4.90. The minimum Gasteiger partial charge on any atom is -0.341 e. The Bertz CT molecular complexity index is 539. The number of nitrogens with one attached hydrogen (secondary N) is 1. The first-order valence-electron chi connectivity index (χ1n) is 7.20. The van der Waals surface area contributed by atoms with Crippen molar-refractivity contribution in [2.24, 2.45) is 5.92 Å². The molecule has 0 atom stereocenters. The summed E-state index contributed by atoms with van der Waals surface area (Å²) < 4.78 is 0. The monoisotopic (exact) mass is 291 g/mol. The van der Waals surface area contributed by atoms with E-state index in [1.165, 1.54) is 12.1 Å². The van der Waals surface area contributed by atoms with Crippen LogP contribution in [-0.2, 0) is 0 Å². The standard InChI is InChI=1S/C15H21N3O3/c1-11-9-13(18(20)21)3-4-14(11)15(19)17(2)10-12-5-7-16-8-6-12/h3-4,9,12,16H,5-8,10H2,1-2H3. The number of carbonyl (C=O) groups excluding carboxylic acids is 1. The SMILES string of the molecule is Cc1cc([N+](=O)[O-])ccc1C(=O)N(C)CC1CCNCC1. The Balaban J connectivity index is 2.06. The number of rotatable bonds is 4. The van der Waals surface area contributed by atoms with Gasteiger partial charge in [0.2, 0.25) is 0 Å². The van der Waals surface area contributed by atoms with E-state index in [1.807, 2.05) is 0 Å². The summed E-state index contributed by atoms with van der Waals surface area (Å²) in [5.74, 6) is 0.458.